The first-order chi connectivity index (χ1) is 16.9. The molecule has 0 bridgehead atoms. The van der Waals surface area contributed by atoms with E-state index in [1.54, 1.807) is 0 Å². The molecule has 3 heteroatoms. The van der Waals surface area contributed by atoms with E-state index in [9.17, 15) is 0 Å². The molecular formula is C32H29BO2. The van der Waals surface area contributed by atoms with Crippen molar-refractivity contribution < 1.29 is 9.31 Å². The minimum absolute atomic E-state index is 0.381. The van der Waals surface area contributed by atoms with Gasteiger partial charge in [0.25, 0.3) is 0 Å². The fourth-order valence-corrected chi connectivity index (χ4v) is 5.15. The van der Waals surface area contributed by atoms with Crippen molar-refractivity contribution in [3.63, 3.8) is 0 Å². The lowest BCUT2D eigenvalue weighted by Crippen LogP contribution is -2.41. The van der Waals surface area contributed by atoms with Crippen molar-refractivity contribution in [1.29, 1.82) is 0 Å². The van der Waals surface area contributed by atoms with Crippen LogP contribution in [0.15, 0.2) is 103 Å². The van der Waals surface area contributed by atoms with Crippen LogP contribution < -0.4 is 5.46 Å². The zero-order chi connectivity index (χ0) is 24.2. The van der Waals surface area contributed by atoms with E-state index in [0.29, 0.717) is 0 Å². The van der Waals surface area contributed by atoms with Gasteiger partial charge in [-0.05, 0) is 77.0 Å². The van der Waals surface area contributed by atoms with E-state index in [1.807, 2.05) is 0 Å². The fourth-order valence-electron chi connectivity index (χ4n) is 5.15. The van der Waals surface area contributed by atoms with E-state index < -0.39 is 7.12 Å². The van der Waals surface area contributed by atoms with Crippen LogP contribution in [0.25, 0.3) is 43.8 Å². The normalized spacial score (nSPS) is 16.7. The van der Waals surface area contributed by atoms with E-state index in [-0.39, 0.29) is 11.2 Å². The van der Waals surface area contributed by atoms with Crippen molar-refractivity contribution in [3.05, 3.63) is 103 Å². The van der Waals surface area contributed by atoms with E-state index in [1.165, 1.54) is 43.8 Å². The molecule has 1 aliphatic heterocycles. The minimum atomic E-state index is -0.403. The van der Waals surface area contributed by atoms with E-state index in [4.69, 9.17) is 9.31 Å². The van der Waals surface area contributed by atoms with Crippen LogP contribution in [0.2, 0.25) is 0 Å². The Hall–Kier alpha value is -3.40. The zero-order valence-electron chi connectivity index (χ0n) is 20.7. The third-order valence-electron chi connectivity index (χ3n) is 7.70. The van der Waals surface area contributed by atoms with Crippen LogP contribution in [0, 0.1) is 0 Å². The molecule has 1 saturated heterocycles. The van der Waals surface area contributed by atoms with Gasteiger partial charge in [0.1, 0.15) is 0 Å². The van der Waals surface area contributed by atoms with Crippen LogP contribution in [0.4, 0.5) is 0 Å². The van der Waals surface area contributed by atoms with Crippen LogP contribution in [0.1, 0.15) is 27.7 Å². The van der Waals surface area contributed by atoms with Crippen LogP contribution in [-0.4, -0.2) is 18.3 Å². The van der Waals surface area contributed by atoms with E-state index >= 15 is 0 Å². The molecule has 0 saturated carbocycles. The Morgan fingerprint density at radius 1 is 0.486 bits per heavy atom. The summed E-state index contributed by atoms with van der Waals surface area (Å²) in [6, 6.07) is 36.8. The number of benzene rings is 5. The lowest BCUT2D eigenvalue weighted by molar-refractivity contribution is 0.00578. The molecule has 35 heavy (non-hydrogen) atoms. The number of rotatable bonds is 3. The minimum Gasteiger partial charge on any atom is -0.399 e. The van der Waals surface area contributed by atoms with Gasteiger partial charge < -0.3 is 9.31 Å². The van der Waals surface area contributed by atoms with Gasteiger partial charge in [-0.1, -0.05) is 103 Å². The molecule has 0 radical (unpaired) electrons. The molecule has 5 aromatic carbocycles. The summed E-state index contributed by atoms with van der Waals surface area (Å²) < 4.78 is 12.8. The summed E-state index contributed by atoms with van der Waals surface area (Å²) in [5.74, 6) is 0. The van der Waals surface area contributed by atoms with Crippen LogP contribution in [0.5, 0.6) is 0 Å². The molecule has 0 aromatic heterocycles. The molecule has 172 valence electrons. The fraction of sp³-hybridized carbons (Fsp3) is 0.188. The lowest BCUT2D eigenvalue weighted by Gasteiger charge is -2.32. The molecule has 5 aromatic rings. The lowest BCUT2D eigenvalue weighted by atomic mass is 9.76. The van der Waals surface area contributed by atoms with Crippen molar-refractivity contribution in [3.8, 4) is 22.3 Å². The quantitative estimate of drug-likeness (QED) is 0.205. The summed E-state index contributed by atoms with van der Waals surface area (Å²) in [6.07, 6.45) is 0. The summed E-state index contributed by atoms with van der Waals surface area (Å²) in [5, 5.41) is 4.94. The molecule has 0 spiro atoms. The summed E-state index contributed by atoms with van der Waals surface area (Å²) in [7, 11) is -0.403. The average molecular weight is 456 g/mol. The van der Waals surface area contributed by atoms with Crippen LogP contribution in [-0.2, 0) is 9.31 Å². The third kappa shape index (κ3) is 3.58. The van der Waals surface area contributed by atoms with E-state index in [0.717, 1.165) is 5.46 Å². The van der Waals surface area contributed by atoms with Crippen molar-refractivity contribution in [2.75, 3.05) is 0 Å². The predicted molar refractivity (Wildman–Crippen MR) is 148 cm³/mol. The molecule has 1 heterocycles. The third-order valence-corrected chi connectivity index (χ3v) is 7.70. The number of hydrogen-bond acceptors (Lipinski definition) is 2. The molecule has 0 N–H and O–H groups in total. The molecule has 0 aliphatic carbocycles. The van der Waals surface area contributed by atoms with Crippen molar-refractivity contribution in [2.45, 2.75) is 38.9 Å². The first-order valence-corrected chi connectivity index (χ1v) is 12.3. The van der Waals surface area contributed by atoms with Crippen LogP contribution >= 0.6 is 0 Å². The smallest absolute Gasteiger partial charge is 0.399 e. The maximum atomic E-state index is 6.42. The maximum Gasteiger partial charge on any atom is 0.494 e. The van der Waals surface area contributed by atoms with Gasteiger partial charge in [-0.15, -0.1) is 0 Å². The van der Waals surface area contributed by atoms with Gasteiger partial charge >= 0.3 is 7.12 Å². The summed E-state index contributed by atoms with van der Waals surface area (Å²) >= 11 is 0. The largest absolute Gasteiger partial charge is 0.494 e. The summed E-state index contributed by atoms with van der Waals surface area (Å²) in [4.78, 5) is 0. The second-order valence-corrected chi connectivity index (χ2v) is 10.4. The average Bonchev–Trinajstić information content (AvgIpc) is 3.09. The number of hydrogen-bond donors (Lipinski definition) is 0. The molecule has 0 amide bonds. The molecule has 1 fully saturated rings. The highest BCUT2D eigenvalue weighted by molar-refractivity contribution is 6.62. The topological polar surface area (TPSA) is 18.5 Å². The standard InChI is InChI=1S/C32H29BO2/c1-31(2)32(3,4)35-33(34-31)24-19-20-27-28(21-24)30(23-15-9-6-10-16-23)26-18-12-11-17-25(26)29(27)22-13-7-5-8-14-22/h5-21H,1-4H3. The Balaban J connectivity index is 1.69. The molecular weight excluding hydrogens is 427 g/mol. The molecule has 2 nitrogen and oxygen atoms in total. The molecule has 1 aliphatic rings. The van der Waals surface area contributed by atoms with Gasteiger partial charge in [0.2, 0.25) is 0 Å². The second-order valence-electron chi connectivity index (χ2n) is 10.4. The Labute approximate surface area is 207 Å². The Morgan fingerprint density at radius 2 is 0.914 bits per heavy atom. The Kier molecular flexibility index (Phi) is 5.10. The highest BCUT2D eigenvalue weighted by Crippen LogP contribution is 2.43. The first kappa shape index (κ1) is 22.1. The monoisotopic (exact) mass is 456 g/mol. The summed E-state index contributed by atoms with van der Waals surface area (Å²) in [6.45, 7) is 8.41. The van der Waals surface area contributed by atoms with Crippen molar-refractivity contribution in [1.82, 2.24) is 0 Å². The maximum absolute atomic E-state index is 6.42. The van der Waals surface area contributed by atoms with Gasteiger partial charge in [-0.3, -0.25) is 0 Å². The Morgan fingerprint density at radius 3 is 1.43 bits per heavy atom. The van der Waals surface area contributed by atoms with Gasteiger partial charge in [0.05, 0.1) is 11.2 Å². The molecule has 0 unspecified atom stereocenters. The van der Waals surface area contributed by atoms with Gasteiger partial charge in [0, 0.05) is 0 Å². The molecule has 0 atom stereocenters. The Bertz CT molecular complexity index is 1520. The number of fused-ring (bicyclic) bond motifs is 2. The van der Waals surface area contributed by atoms with Gasteiger partial charge in [-0.2, -0.15) is 0 Å². The van der Waals surface area contributed by atoms with Crippen molar-refractivity contribution in [2.24, 2.45) is 0 Å². The summed E-state index contributed by atoms with van der Waals surface area (Å²) in [5.41, 5.74) is 5.21. The van der Waals surface area contributed by atoms with Crippen molar-refractivity contribution >= 4 is 34.1 Å². The van der Waals surface area contributed by atoms with Crippen LogP contribution in [0.3, 0.4) is 0 Å². The van der Waals surface area contributed by atoms with Gasteiger partial charge in [-0.25, -0.2) is 0 Å². The predicted octanol–water partition coefficient (Wildman–Crippen LogP) is 7.63. The highest BCUT2D eigenvalue weighted by Gasteiger charge is 2.51. The van der Waals surface area contributed by atoms with Gasteiger partial charge in [0.15, 0.2) is 0 Å². The first-order valence-electron chi connectivity index (χ1n) is 12.3. The van der Waals surface area contributed by atoms with E-state index in [2.05, 4.69) is 131 Å². The SMILES string of the molecule is CC1(C)OB(c2ccc3c(-c4ccccc4)c4ccccc4c(-c4ccccc4)c3c2)OC1(C)C. The zero-order valence-corrected chi connectivity index (χ0v) is 20.7. The second kappa shape index (κ2) is 8.08. The highest BCUT2D eigenvalue weighted by atomic mass is 16.7. The molecule has 6 rings (SSSR count).